The van der Waals surface area contributed by atoms with Gasteiger partial charge in [-0.15, -0.1) is 4.91 Å². The van der Waals surface area contributed by atoms with Crippen LogP contribution in [0.3, 0.4) is 0 Å². The second-order valence-electron chi connectivity index (χ2n) is 11.1. The van der Waals surface area contributed by atoms with Crippen molar-refractivity contribution in [1.82, 2.24) is 0 Å². The minimum atomic E-state index is -2.21. The Morgan fingerprint density at radius 2 is 1.23 bits per heavy atom. The van der Waals surface area contributed by atoms with Crippen molar-refractivity contribution in [2.45, 2.75) is 25.7 Å². The van der Waals surface area contributed by atoms with Crippen LogP contribution in [0.1, 0.15) is 24.8 Å². The minimum absolute atomic E-state index is 0.0326. The molecule has 44 heavy (non-hydrogen) atoms. The first-order chi connectivity index (χ1) is 21.6. The van der Waals surface area contributed by atoms with Gasteiger partial charge in [-0.1, -0.05) is 0 Å². The van der Waals surface area contributed by atoms with Gasteiger partial charge in [-0.3, -0.25) is 4.79 Å². The van der Waals surface area contributed by atoms with Crippen LogP contribution in [0.5, 0.6) is 5.75 Å². The zero-order chi connectivity index (χ0) is 30.4. The van der Waals surface area contributed by atoms with Crippen molar-refractivity contribution >= 4 is 39.8 Å². The van der Waals surface area contributed by atoms with E-state index in [1.807, 2.05) is 12.1 Å². The second-order valence-corrected chi connectivity index (χ2v) is 15.2. The van der Waals surface area contributed by atoms with Crippen LogP contribution in [0.15, 0.2) is 148 Å². The maximum atomic E-state index is 12.7. The first kappa shape index (κ1) is 29.2. The Kier molecular flexibility index (Phi) is 8.76. The van der Waals surface area contributed by atoms with E-state index in [4.69, 9.17) is 4.42 Å². The Morgan fingerprint density at radius 3 is 1.77 bits per heavy atom. The molecule has 220 valence electrons. The fraction of sp³-hybridized carbons (Fsp3) is 0.132. The number of fused-ring (bicyclic) bond motifs is 1. The van der Waals surface area contributed by atoms with Crippen molar-refractivity contribution in [2.24, 2.45) is 5.18 Å². The van der Waals surface area contributed by atoms with Crippen LogP contribution >= 0.6 is 7.26 Å². The van der Waals surface area contributed by atoms with Crippen LogP contribution in [0.4, 0.5) is 5.69 Å². The third-order valence-electron chi connectivity index (χ3n) is 8.50. The summed E-state index contributed by atoms with van der Waals surface area (Å²) >= 11 is 0. The van der Waals surface area contributed by atoms with Gasteiger partial charge in [-0.2, -0.15) is 0 Å². The molecule has 0 aliphatic heterocycles. The van der Waals surface area contributed by atoms with Crippen molar-refractivity contribution in [3.63, 3.8) is 0 Å². The number of phenols is 1. The summed E-state index contributed by atoms with van der Waals surface area (Å²) in [7, 11) is -2.21. The van der Waals surface area contributed by atoms with Crippen LogP contribution < -0.4 is 21.3 Å². The molecule has 0 bridgehead atoms. The van der Waals surface area contributed by atoms with Crippen molar-refractivity contribution < 1.29 is 9.52 Å². The van der Waals surface area contributed by atoms with Crippen LogP contribution in [0.2, 0.25) is 0 Å². The van der Waals surface area contributed by atoms with E-state index in [-0.39, 0.29) is 22.1 Å². The number of hydrogen-bond acceptors (Lipinski definition) is 5. The van der Waals surface area contributed by atoms with E-state index in [2.05, 4.69) is 108 Å². The van der Waals surface area contributed by atoms with Crippen LogP contribution in [-0.2, 0) is 6.42 Å². The Morgan fingerprint density at radius 1 is 0.659 bits per heavy atom. The van der Waals surface area contributed by atoms with E-state index in [9.17, 15) is 14.8 Å². The molecule has 6 aromatic rings. The monoisotopic (exact) mass is 599 g/mol. The molecule has 5 aromatic carbocycles. The third kappa shape index (κ3) is 5.84. The summed E-state index contributed by atoms with van der Waals surface area (Å²) in [5.41, 5.74) is 1.45. The smallest absolute Gasteiger partial charge is 0.503 e. The number of benzene rings is 5. The number of unbranched alkanes of at least 4 members (excludes halogenated alkanes) is 2. The van der Waals surface area contributed by atoms with Crippen molar-refractivity contribution in [1.29, 1.82) is 0 Å². The molecule has 1 heterocycles. The topological polar surface area (TPSA) is 79.9 Å². The maximum absolute atomic E-state index is 12.7. The Bertz CT molecular complexity index is 1830. The van der Waals surface area contributed by atoms with Gasteiger partial charge in [-0.05, 0) is 17.3 Å². The number of nitroso groups, excluding NO2 is 1. The van der Waals surface area contributed by atoms with Crippen molar-refractivity contribution in [3.05, 3.63) is 154 Å². The summed E-state index contributed by atoms with van der Waals surface area (Å²) in [6, 6.07) is 45.3. The molecule has 0 aliphatic carbocycles. The van der Waals surface area contributed by atoms with E-state index in [1.54, 1.807) is 0 Å². The molecule has 0 saturated heterocycles. The Labute approximate surface area is 257 Å². The van der Waals surface area contributed by atoms with Gasteiger partial charge in [-0.25, -0.2) is 0 Å². The molecule has 0 amide bonds. The number of hydrogen-bond donors (Lipinski definition) is 1. The number of nitrogens with zero attached hydrogens (tertiary/aromatic N) is 1. The molecule has 6 rings (SSSR count). The zero-order valence-electron chi connectivity index (χ0n) is 24.4. The molecule has 0 saturated carbocycles. The molecule has 5 nitrogen and oxygen atoms in total. The molecule has 0 unspecified atom stereocenters. The molecule has 1 N–H and O–H groups in total. The SMILES string of the molecule is O=Nc1ccc2c(=O)cc(-c3ccc(CCCCC[PH](c4ccccc4)(c4ccccc4)c4ccccc4)cc3)oc2c1O. The van der Waals surface area contributed by atoms with Gasteiger partial charge >= 0.3 is 209 Å². The molecule has 6 heteroatoms. The Hall–Kier alpha value is -4.86. The average Bonchev–Trinajstić information content (AvgIpc) is 3.08. The van der Waals surface area contributed by atoms with E-state index in [0.717, 1.165) is 37.4 Å². The van der Waals surface area contributed by atoms with Gasteiger partial charge in [0.05, 0.1) is 5.39 Å². The first-order valence-electron chi connectivity index (χ1n) is 15.0. The number of phenolic OH excluding ortho intramolecular Hbond substituents is 1. The van der Waals surface area contributed by atoms with E-state index >= 15 is 0 Å². The second kappa shape index (κ2) is 13.2. The molecule has 0 fully saturated rings. The van der Waals surface area contributed by atoms with Crippen molar-refractivity contribution in [3.8, 4) is 17.1 Å². The Balaban J connectivity index is 1.16. The molecule has 0 radical (unpaired) electrons. The summed E-state index contributed by atoms with van der Waals surface area (Å²) in [6.45, 7) is 0. The number of rotatable bonds is 11. The van der Waals surface area contributed by atoms with Gasteiger partial charge in [0.1, 0.15) is 0 Å². The van der Waals surface area contributed by atoms with Crippen LogP contribution in [0.25, 0.3) is 22.3 Å². The summed E-state index contributed by atoms with van der Waals surface area (Å²) in [6.07, 6.45) is 5.41. The normalized spacial score (nSPS) is 11.8. The van der Waals surface area contributed by atoms with Gasteiger partial charge in [0.25, 0.3) is 0 Å². The molecule has 1 aromatic heterocycles. The molecule has 0 atom stereocenters. The predicted octanol–water partition coefficient (Wildman–Crippen LogP) is 8.00. The van der Waals surface area contributed by atoms with E-state index < -0.39 is 13.0 Å². The van der Waals surface area contributed by atoms with Crippen LogP contribution in [-0.4, -0.2) is 11.3 Å². The predicted molar refractivity (Wildman–Crippen MR) is 184 cm³/mol. The first-order valence-corrected chi connectivity index (χ1v) is 17.2. The summed E-state index contributed by atoms with van der Waals surface area (Å²) in [5, 5.41) is 17.7. The molecular formula is C38H34NO4P. The summed E-state index contributed by atoms with van der Waals surface area (Å²) < 4.78 is 5.85. The average molecular weight is 600 g/mol. The third-order valence-corrected chi connectivity index (χ3v) is 13.6. The molecule has 0 spiro atoms. The number of aromatic hydroxyl groups is 1. The van der Waals surface area contributed by atoms with E-state index in [0.29, 0.717) is 5.76 Å². The standard InChI is InChI=1S/C38H34NO4P/c40-35-27-36(43-38-33(35)24-25-34(39-42)37(38)41)29-22-20-28(21-23-29)13-5-4-12-26-44(30-14-6-1-7-15-30,31-16-8-2-9-17-31)32-18-10-3-11-19-32/h1-3,6-11,14-25,27,41,44H,4-5,12-13,26H2. The van der Waals surface area contributed by atoms with E-state index in [1.165, 1.54) is 39.7 Å². The summed E-state index contributed by atoms with van der Waals surface area (Å²) in [5.74, 6) is -0.0941. The fourth-order valence-electron chi connectivity index (χ4n) is 6.24. The van der Waals surface area contributed by atoms with Gasteiger partial charge in [0.15, 0.2) is 11.4 Å². The van der Waals surface area contributed by atoms with Crippen LogP contribution in [0, 0.1) is 4.91 Å². The van der Waals surface area contributed by atoms with Crippen molar-refractivity contribution in [2.75, 3.05) is 6.16 Å². The van der Waals surface area contributed by atoms with Gasteiger partial charge in [0, 0.05) is 0 Å². The van der Waals surface area contributed by atoms with Gasteiger partial charge < -0.3 is 5.11 Å². The molecule has 0 aliphatic rings. The fourth-order valence-corrected chi connectivity index (χ4v) is 11.2. The zero-order valence-corrected chi connectivity index (χ0v) is 25.4. The summed E-state index contributed by atoms with van der Waals surface area (Å²) in [4.78, 5) is 23.7. The quantitative estimate of drug-likeness (QED) is 0.0930. The minimum Gasteiger partial charge on any atom is -0.503 e. The number of aryl methyl sites for hydroxylation is 1. The molecular weight excluding hydrogens is 565 g/mol. The van der Waals surface area contributed by atoms with Gasteiger partial charge in [0.2, 0.25) is 0 Å².